The molecule has 0 aliphatic carbocycles. The first-order valence-electron chi connectivity index (χ1n) is 9.48. The van der Waals surface area contributed by atoms with Crippen LogP contribution in [0, 0.1) is 0 Å². The maximum Gasteiger partial charge on any atom is 0.343 e. The Bertz CT molecular complexity index is 1180. The number of carbonyl (C=O) groups excluding carboxylic acids is 2. The molecule has 162 valence electrons. The molecule has 1 N–H and O–H groups in total. The second-order valence-corrected chi connectivity index (χ2v) is 8.51. The summed E-state index contributed by atoms with van der Waals surface area (Å²) in [6, 6.07) is 19.0. The van der Waals surface area contributed by atoms with Crippen LogP contribution in [0.3, 0.4) is 0 Å². The predicted octanol–water partition coefficient (Wildman–Crippen LogP) is 4.72. The Balaban J connectivity index is 1.42. The Hall–Kier alpha value is -3.17. The van der Waals surface area contributed by atoms with Crippen LogP contribution in [0.25, 0.3) is 0 Å². The number of fused-ring (bicyclic) bond motifs is 1. The van der Waals surface area contributed by atoms with Gasteiger partial charge < -0.3 is 14.2 Å². The van der Waals surface area contributed by atoms with E-state index in [4.69, 9.17) is 14.2 Å². The lowest BCUT2D eigenvalue weighted by molar-refractivity contribution is -0.130. The topological polar surface area (TPSA) is 86.2 Å². The molecular formula is C23H16Br2N2O5. The summed E-state index contributed by atoms with van der Waals surface area (Å²) in [6.07, 6.45) is 0.559. The Kier molecular flexibility index (Phi) is 6.87. The maximum atomic E-state index is 12.5. The summed E-state index contributed by atoms with van der Waals surface area (Å²) in [4.78, 5) is 24.9. The van der Waals surface area contributed by atoms with Crippen molar-refractivity contribution in [2.45, 2.75) is 6.10 Å². The molecule has 32 heavy (non-hydrogen) atoms. The molecule has 0 saturated carbocycles. The summed E-state index contributed by atoms with van der Waals surface area (Å²) in [5.41, 5.74) is 3.34. The second kappa shape index (κ2) is 9.97. The number of hydrogen-bond donors (Lipinski definition) is 1. The van der Waals surface area contributed by atoms with E-state index >= 15 is 0 Å². The average molecular weight is 560 g/mol. The first-order chi connectivity index (χ1) is 15.5. The summed E-state index contributed by atoms with van der Waals surface area (Å²) >= 11 is 6.71. The van der Waals surface area contributed by atoms with Crippen molar-refractivity contribution in [2.24, 2.45) is 5.10 Å². The number of nitrogens with one attached hydrogen (secondary N) is 1. The van der Waals surface area contributed by atoms with E-state index in [0.717, 1.165) is 8.95 Å². The minimum atomic E-state index is -0.834. The van der Waals surface area contributed by atoms with Gasteiger partial charge in [0.1, 0.15) is 12.4 Å². The number of benzene rings is 3. The molecule has 9 heteroatoms. The zero-order valence-corrected chi connectivity index (χ0v) is 19.6. The monoisotopic (exact) mass is 558 g/mol. The van der Waals surface area contributed by atoms with E-state index in [0.29, 0.717) is 28.4 Å². The van der Waals surface area contributed by atoms with Gasteiger partial charge in [-0.05, 0) is 54.6 Å². The number of amides is 1. The fourth-order valence-electron chi connectivity index (χ4n) is 2.84. The minimum absolute atomic E-state index is 0.0747. The third-order valence-electron chi connectivity index (χ3n) is 4.43. The molecule has 0 radical (unpaired) electrons. The van der Waals surface area contributed by atoms with E-state index in [1.807, 2.05) is 6.07 Å². The third kappa shape index (κ3) is 5.35. The smallest absolute Gasteiger partial charge is 0.343 e. The van der Waals surface area contributed by atoms with Crippen LogP contribution in [-0.4, -0.2) is 30.8 Å². The van der Waals surface area contributed by atoms with Crippen LogP contribution in [0.1, 0.15) is 15.9 Å². The van der Waals surface area contributed by atoms with Crippen molar-refractivity contribution in [2.75, 3.05) is 6.61 Å². The van der Waals surface area contributed by atoms with Crippen molar-refractivity contribution in [1.29, 1.82) is 0 Å². The SMILES string of the molecule is O=C(Oc1ccc(Br)cc1/C=N\NC(=O)[C@H]1COc2ccccc2O1)c1ccc(Br)cc1. The Morgan fingerprint density at radius 1 is 1.00 bits per heavy atom. The first kappa shape index (κ1) is 22.0. The molecule has 0 bridgehead atoms. The molecule has 1 aliphatic rings. The zero-order valence-electron chi connectivity index (χ0n) is 16.5. The van der Waals surface area contributed by atoms with E-state index < -0.39 is 18.0 Å². The molecule has 3 aromatic carbocycles. The van der Waals surface area contributed by atoms with Gasteiger partial charge in [0.25, 0.3) is 5.91 Å². The van der Waals surface area contributed by atoms with E-state index in [-0.39, 0.29) is 6.61 Å². The van der Waals surface area contributed by atoms with Crippen LogP contribution in [0.2, 0.25) is 0 Å². The zero-order chi connectivity index (χ0) is 22.5. The van der Waals surface area contributed by atoms with Gasteiger partial charge in [-0.2, -0.15) is 5.10 Å². The van der Waals surface area contributed by atoms with Crippen LogP contribution in [-0.2, 0) is 4.79 Å². The molecule has 0 fully saturated rings. The molecule has 1 heterocycles. The van der Waals surface area contributed by atoms with Crippen LogP contribution >= 0.6 is 31.9 Å². The molecule has 3 aromatic rings. The van der Waals surface area contributed by atoms with Gasteiger partial charge in [0.15, 0.2) is 11.5 Å². The van der Waals surface area contributed by atoms with Gasteiger partial charge in [0.05, 0.1) is 11.8 Å². The highest BCUT2D eigenvalue weighted by atomic mass is 79.9. The second-order valence-electron chi connectivity index (χ2n) is 6.68. The molecule has 4 rings (SSSR count). The normalized spacial score (nSPS) is 14.8. The molecule has 0 aromatic heterocycles. The van der Waals surface area contributed by atoms with Crippen molar-refractivity contribution < 1.29 is 23.8 Å². The van der Waals surface area contributed by atoms with E-state index in [1.54, 1.807) is 60.7 Å². The fourth-order valence-corrected chi connectivity index (χ4v) is 3.49. The number of nitrogens with zero attached hydrogens (tertiary/aromatic N) is 1. The molecule has 0 unspecified atom stereocenters. The van der Waals surface area contributed by atoms with Gasteiger partial charge in [0.2, 0.25) is 6.10 Å². The number of hydrogen-bond acceptors (Lipinski definition) is 6. The highest BCUT2D eigenvalue weighted by Crippen LogP contribution is 2.30. The molecular weight excluding hydrogens is 544 g/mol. The van der Waals surface area contributed by atoms with Crippen molar-refractivity contribution in [3.8, 4) is 17.2 Å². The fraction of sp³-hybridized carbons (Fsp3) is 0.0870. The number of carbonyl (C=O) groups is 2. The molecule has 1 amide bonds. The van der Waals surface area contributed by atoms with Crippen LogP contribution in [0.5, 0.6) is 17.2 Å². The van der Waals surface area contributed by atoms with Crippen molar-refractivity contribution in [1.82, 2.24) is 5.43 Å². The molecule has 1 aliphatic heterocycles. The highest BCUT2D eigenvalue weighted by Gasteiger charge is 2.27. The largest absolute Gasteiger partial charge is 0.485 e. The van der Waals surface area contributed by atoms with E-state index in [9.17, 15) is 9.59 Å². The number of esters is 1. The van der Waals surface area contributed by atoms with Gasteiger partial charge in [-0.3, -0.25) is 4.79 Å². The lowest BCUT2D eigenvalue weighted by Gasteiger charge is -2.24. The summed E-state index contributed by atoms with van der Waals surface area (Å²) in [5.74, 6) is 0.415. The van der Waals surface area contributed by atoms with Gasteiger partial charge in [-0.15, -0.1) is 0 Å². The third-order valence-corrected chi connectivity index (χ3v) is 5.46. The minimum Gasteiger partial charge on any atom is -0.485 e. The molecule has 0 saturated heterocycles. The molecule has 0 spiro atoms. The first-order valence-corrected chi connectivity index (χ1v) is 11.1. The van der Waals surface area contributed by atoms with Crippen molar-refractivity contribution >= 4 is 50.0 Å². The number of rotatable bonds is 5. The maximum absolute atomic E-state index is 12.5. The molecule has 7 nitrogen and oxygen atoms in total. The van der Waals surface area contributed by atoms with Crippen molar-refractivity contribution in [3.63, 3.8) is 0 Å². The number of halogens is 2. The quantitative estimate of drug-likeness (QED) is 0.211. The Morgan fingerprint density at radius 3 is 2.50 bits per heavy atom. The summed E-state index contributed by atoms with van der Waals surface area (Å²) in [5, 5.41) is 3.99. The average Bonchev–Trinajstić information content (AvgIpc) is 2.80. The summed E-state index contributed by atoms with van der Waals surface area (Å²) < 4.78 is 18.3. The predicted molar refractivity (Wildman–Crippen MR) is 125 cm³/mol. The summed E-state index contributed by atoms with van der Waals surface area (Å²) in [6.45, 7) is 0.0747. The molecule has 1 atom stereocenters. The van der Waals surface area contributed by atoms with E-state index in [2.05, 4.69) is 42.4 Å². The number of para-hydroxylation sites is 2. The Morgan fingerprint density at radius 2 is 1.72 bits per heavy atom. The lowest BCUT2D eigenvalue weighted by atomic mass is 10.2. The van der Waals surface area contributed by atoms with Gasteiger partial charge in [-0.1, -0.05) is 44.0 Å². The van der Waals surface area contributed by atoms with Crippen molar-refractivity contribution in [3.05, 3.63) is 86.8 Å². The summed E-state index contributed by atoms with van der Waals surface area (Å²) in [7, 11) is 0. The van der Waals surface area contributed by atoms with Gasteiger partial charge in [0, 0.05) is 14.5 Å². The van der Waals surface area contributed by atoms with Gasteiger partial charge >= 0.3 is 5.97 Å². The van der Waals surface area contributed by atoms with Crippen LogP contribution in [0.4, 0.5) is 0 Å². The van der Waals surface area contributed by atoms with E-state index in [1.165, 1.54) is 6.21 Å². The van der Waals surface area contributed by atoms with Crippen LogP contribution in [0.15, 0.2) is 80.8 Å². The standard InChI is InChI=1S/C23H16Br2N2O5/c24-16-7-5-14(6-8-16)23(29)32-18-10-9-17(25)11-15(18)12-26-27-22(28)21-13-30-19-3-1-2-4-20(19)31-21/h1-12,21H,13H2,(H,27,28)/b26-12-/t21-/m1/s1. The van der Waals surface area contributed by atoms with Crippen LogP contribution < -0.4 is 19.6 Å². The number of ether oxygens (including phenoxy) is 3. The van der Waals surface area contributed by atoms with Gasteiger partial charge in [-0.25, -0.2) is 10.2 Å². The lowest BCUT2D eigenvalue weighted by Crippen LogP contribution is -2.42. The Labute approximate surface area is 200 Å². The number of hydrazone groups is 1. The highest BCUT2D eigenvalue weighted by molar-refractivity contribution is 9.10.